The molecule has 0 radical (unpaired) electrons. The molecular weight excluding hydrogens is 498 g/mol. The third-order valence-corrected chi connectivity index (χ3v) is 9.50. The second kappa shape index (κ2) is 13.7. The van der Waals surface area contributed by atoms with Gasteiger partial charge in [0.25, 0.3) is 0 Å². The van der Waals surface area contributed by atoms with E-state index >= 15 is 0 Å². The van der Waals surface area contributed by atoms with Crippen LogP contribution in [0.1, 0.15) is 86.0 Å². The zero-order valence-corrected chi connectivity index (χ0v) is 25.1. The number of hydrogen-bond acceptors (Lipinski definition) is 9. The van der Waals surface area contributed by atoms with E-state index in [1.807, 2.05) is 18.1 Å². The van der Waals surface area contributed by atoms with Crippen molar-refractivity contribution in [3.63, 3.8) is 0 Å². The Labute approximate surface area is 235 Å². The molecule has 39 heavy (non-hydrogen) atoms. The molecule has 3 rings (SSSR count). The van der Waals surface area contributed by atoms with Crippen LogP contribution >= 0.6 is 0 Å². The van der Waals surface area contributed by atoms with Gasteiger partial charge in [-0.05, 0) is 56.4 Å². The summed E-state index contributed by atoms with van der Waals surface area (Å²) in [6, 6.07) is 0.0513. The first-order chi connectivity index (χ1) is 18.4. The van der Waals surface area contributed by atoms with Crippen molar-refractivity contribution < 1.29 is 29.5 Å². The highest BCUT2D eigenvalue weighted by atomic mass is 16.7. The monoisotopic (exact) mass is 553 g/mol. The number of nitrogens with zero attached hydrogens (tertiary/aromatic N) is 2. The summed E-state index contributed by atoms with van der Waals surface area (Å²) in [5.41, 5.74) is 7.01. The van der Waals surface area contributed by atoms with Crippen molar-refractivity contribution in [2.75, 3.05) is 33.5 Å². The van der Waals surface area contributed by atoms with Crippen LogP contribution in [0.2, 0.25) is 0 Å². The predicted molar refractivity (Wildman–Crippen MR) is 153 cm³/mol. The molecule has 0 bridgehead atoms. The SMILES string of the molecule is CCC(C)(CCCC1OC2(O)CC(C(CO)COC)C(O)C12)CC(C)(CC)OCC1=CN(CC(C)N)N=CC1. The largest absolute Gasteiger partial charge is 0.396 e. The number of ether oxygens (including phenoxy) is 3. The van der Waals surface area contributed by atoms with Crippen molar-refractivity contribution in [2.24, 2.45) is 34.0 Å². The van der Waals surface area contributed by atoms with Gasteiger partial charge in [-0.15, -0.1) is 0 Å². The molecule has 9 nitrogen and oxygen atoms in total. The van der Waals surface area contributed by atoms with Gasteiger partial charge in [0.05, 0.1) is 43.5 Å². The fourth-order valence-corrected chi connectivity index (χ4v) is 6.86. The van der Waals surface area contributed by atoms with E-state index in [0.717, 1.165) is 44.9 Å². The Hall–Kier alpha value is -1.07. The highest BCUT2D eigenvalue weighted by Gasteiger charge is 2.65. The summed E-state index contributed by atoms with van der Waals surface area (Å²) in [5, 5.41) is 38.0. The number of hydrazone groups is 1. The van der Waals surface area contributed by atoms with Crippen molar-refractivity contribution >= 4 is 6.21 Å². The molecule has 0 amide bonds. The first-order valence-corrected chi connectivity index (χ1v) is 15.0. The Kier molecular flexibility index (Phi) is 11.4. The minimum atomic E-state index is -1.28. The third-order valence-electron chi connectivity index (χ3n) is 9.50. The first-order valence-electron chi connectivity index (χ1n) is 15.0. The Morgan fingerprint density at radius 3 is 2.67 bits per heavy atom. The van der Waals surface area contributed by atoms with Gasteiger partial charge in [0.1, 0.15) is 0 Å². The van der Waals surface area contributed by atoms with E-state index < -0.39 is 11.9 Å². The van der Waals surface area contributed by atoms with Crippen molar-refractivity contribution in [2.45, 2.75) is 116 Å². The van der Waals surface area contributed by atoms with E-state index in [2.05, 4.69) is 39.0 Å². The minimum Gasteiger partial charge on any atom is -0.396 e. The maximum Gasteiger partial charge on any atom is 0.174 e. The van der Waals surface area contributed by atoms with Crippen LogP contribution in [0.25, 0.3) is 0 Å². The lowest BCUT2D eigenvalue weighted by atomic mass is 9.72. The van der Waals surface area contributed by atoms with Crippen molar-refractivity contribution in [1.82, 2.24) is 5.01 Å². The van der Waals surface area contributed by atoms with Crippen molar-refractivity contribution in [3.8, 4) is 0 Å². The highest BCUT2D eigenvalue weighted by molar-refractivity contribution is 5.62. The summed E-state index contributed by atoms with van der Waals surface area (Å²) in [6.07, 6.45) is 9.97. The minimum absolute atomic E-state index is 0.0513. The summed E-state index contributed by atoms with van der Waals surface area (Å²) in [6.45, 7) is 12.5. The zero-order chi connectivity index (χ0) is 28.8. The smallest absolute Gasteiger partial charge is 0.174 e. The lowest BCUT2D eigenvalue weighted by Crippen LogP contribution is -2.59. The Balaban J connectivity index is 1.51. The van der Waals surface area contributed by atoms with Crippen LogP contribution in [0, 0.1) is 23.2 Å². The molecule has 0 aromatic rings. The lowest BCUT2D eigenvalue weighted by Gasteiger charge is -2.49. The summed E-state index contributed by atoms with van der Waals surface area (Å²) < 4.78 is 17.7. The molecular formula is C30H55N3O6. The Bertz CT molecular complexity index is 840. The zero-order valence-electron chi connectivity index (χ0n) is 25.1. The number of hydrogen-bond donors (Lipinski definition) is 4. The number of aliphatic hydroxyl groups is 3. The quantitative estimate of drug-likeness (QED) is 0.216. The fraction of sp³-hybridized carbons (Fsp3) is 0.900. The van der Waals surface area contributed by atoms with Gasteiger partial charge in [0, 0.05) is 50.9 Å². The molecule has 2 aliphatic heterocycles. The van der Waals surface area contributed by atoms with Crippen LogP contribution in [0.3, 0.4) is 0 Å². The molecule has 2 heterocycles. The van der Waals surface area contributed by atoms with E-state index in [1.54, 1.807) is 7.11 Å². The predicted octanol–water partition coefficient (Wildman–Crippen LogP) is 3.41. The normalized spacial score (nSPS) is 33.1. The first kappa shape index (κ1) is 32.4. The van der Waals surface area contributed by atoms with Crippen LogP contribution in [0.15, 0.2) is 16.9 Å². The molecule has 2 fully saturated rings. The van der Waals surface area contributed by atoms with Gasteiger partial charge in [-0.3, -0.25) is 5.01 Å². The van der Waals surface area contributed by atoms with Crippen molar-refractivity contribution in [3.05, 3.63) is 11.8 Å². The van der Waals surface area contributed by atoms with Gasteiger partial charge in [-0.25, -0.2) is 0 Å². The van der Waals surface area contributed by atoms with E-state index in [-0.39, 0.29) is 47.5 Å². The molecule has 9 heteroatoms. The summed E-state index contributed by atoms with van der Waals surface area (Å²) >= 11 is 0. The summed E-state index contributed by atoms with van der Waals surface area (Å²) in [5.74, 6) is -2.02. The molecule has 9 unspecified atom stereocenters. The van der Waals surface area contributed by atoms with Crippen LogP contribution in [-0.2, 0) is 14.2 Å². The molecule has 226 valence electrons. The van der Waals surface area contributed by atoms with Crippen LogP contribution in [0.5, 0.6) is 0 Å². The molecule has 9 atom stereocenters. The van der Waals surface area contributed by atoms with Crippen LogP contribution in [0.4, 0.5) is 0 Å². The van der Waals surface area contributed by atoms with Crippen molar-refractivity contribution in [1.29, 1.82) is 0 Å². The van der Waals surface area contributed by atoms with Gasteiger partial charge in [0.2, 0.25) is 0 Å². The van der Waals surface area contributed by atoms with Crippen LogP contribution in [-0.4, -0.2) is 89.7 Å². The average molecular weight is 554 g/mol. The number of fused-ring (bicyclic) bond motifs is 1. The molecule has 1 saturated carbocycles. The van der Waals surface area contributed by atoms with Crippen LogP contribution < -0.4 is 5.73 Å². The lowest BCUT2D eigenvalue weighted by molar-refractivity contribution is -0.363. The van der Waals surface area contributed by atoms with Gasteiger partial charge in [-0.1, -0.05) is 33.6 Å². The maximum absolute atomic E-state index is 11.0. The number of methoxy groups -OCH3 is 1. The molecule has 5 N–H and O–H groups in total. The Morgan fingerprint density at radius 2 is 2.05 bits per heavy atom. The van der Waals surface area contributed by atoms with Gasteiger partial charge < -0.3 is 35.3 Å². The number of nitrogens with two attached hydrogens (primary N) is 1. The standard InChI is InChI=1S/C30H55N3O6/c1-7-28(4,20-29(5,8-2)38-18-22-11-13-32-33(16-22)15-21(3)31)12-9-10-25-26-27(35)24(14-30(26,36)39-25)23(17-34)19-37-6/h13,16,21,23-27,34-36H,7-12,14-15,17-20,31H2,1-6H3. The highest BCUT2D eigenvalue weighted by Crippen LogP contribution is 2.55. The second-order valence-corrected chi connectivity index (χ2v) is 13.0. The fourth-order valence-electron chi connectivity index (χ4n) is 6.86. The summed E-state index contributed by atoms with van der Waals surface area (Å²) in [7, 11) is 1.59. The van der Waals surface area contributed by atoms with Gasteiger partial charge in [-0.2, -0.15) is 5.10 Å². The third kappa shape index (κ3) is 8.03. The molecule has 0 aromatic heterocycles. The van der Waals surface area contributed by atoms with Gasteiger partial charge in [0.15, 0.2) is 5.79 Å². The van der Waals surface area contributed by atoms with E-state index in [0.29, 0.717) is 26.2 Å². The molecule has 1 aliphatic carbocycles. The maximum atomic E-state index is 11.0. The topological polar surface area (TPSA) is 130 Å². The Morgan fingerprint density at radius 1 is 1.31 bits per heavy atom. The second-order valence-electron chi connectivity index (χ2n) is 13.0. The van der Waals surface area contributed by atoms with E-state index in [1.165, 1.54) is 5.57 Å². The average Bonchev–Trinajstić information content (AvgIpc) is 3.08. The van der Waals surface area contributed by atoms with Gasteiger partial charge >= 0.3 is 0 Å². The number of aliphatic hydroxyl groups excluding tert-OH is 2. The molecule has 0 spiro atoms. The summed E-state index contributed by atoms with van der Waals surface area (Å²) in [4.78, 5) is 0. The molecule has 3 aliphatic rings. The van der Waals surface area contributed by atoms with E-state index in [9.17, 15) is 15.3 Å². The number of rotatable bonds is 17. The molecule has 1 saturated heterocycles. The molecule has 0 aromatic carbocycles. The van der Waals surface area contributed by atoms with E-state index in [4.69, 9.17) is 19.9 Å².